The lowest BCUT2D eigenvalue weighted by Gasteiger charge is -2.02. The number of carboxylic acid groups (broad SMARTS) is 1. The van der Waals surface area contributed by atoms with Crippen LogP contribution in [0.5, 0.6) is 0 Å². The summed E-state index contributed by atoms with van der Waals surface area (Å²) < 4.78 is 1.62. The molecule has 2 aromatic rings. The average molecular weight is 245 g/mol. The molecular weight excluding hydrogens is 238 g/mol. The second kappa shape index (κ2) is 4.63. The Hall–Kier alpha value is -2.39. The van der Waals surface area contributed by atoms with E-state index in [1.54, 1.807) is 40.4 Å². The molecule has 0 bridgehead atoms. The van der Waals surface area contributed by atoms with Crippen molar-refractivity contribution in [1.82, 2.24) is 4.57 Å². The first-order valence-electron chi connectivity index (χ1n) is 4.65. The Morgan fingerprint density at radius 2 is 2.35 bits per heavy atom. The molecule has 0 saturated carbocycles. The third kappa shape index (κ3) is 2.41. The number of nitriles is 1. The first-order chi connectivity index (χ1) is 8.20. The molecule has 1 amide bonds. The SMILES string of the molecule is N#Cc1cccc(-n2ccs/c2=N/C(=O)O)c1. The number of hydrogen-bond donors (Lipinski definition) is 1. The second-order valence-corrected chi connectivity index (χ2v) is 3.99. The molecule has 17 heavy (non-hydrogen) atoms. The zero-order chi connectivity index (χ0) is 12.3. The van der Waals surface area contributed by atoms with Gasteiger partial charge in [-0.2, -0.15) is 5.26 Å². The van der Waals surface area contributed by atoms with Gasteiger partial charge >= 0.3 is 6.09 Å². The number of nitrogens with zero attached hydrogens (tertiary/aromatic N) is 3. The van der Waals surface area contributed by atoms with Gasteiger partial charge in [0, 0.05) is 17.3 Å². The molecule has 0 saturated heterocycles. The Balaban J connectivity index is 2.58. The monoisotopic (exact) mass is 245 g/mol. The number of carbonyl (C=O) groups is 1. The smallest absolute Gasteiger partial charge is 0.433 e. The van der Waals surface area contributed by atoms with Crippen LogP contribution in [0, 0.1) is 11.3 Å². The molecule has 1 aromatic heterocycles. The largest absolute Gasteiger partial charge is 0.463 e. The van der Waals surface area contributed by atoms with Crippen molar-refractivity contribution in [3.05, 3.63) is 46.2 Å². The van der Waals surface area contributed by atoms with Crippen LogP contribution in [0.2, 0.25) is 0 Å². The fourth-order valence-electron chi connectivity index (χ4n) is 1.36. The maximum atomic E-state index is 10.5. The molecule has 2 rings (SSSR count). The van der Waals surface area contributed by atoms with Crippen LogP contribution in [-0.2, 0) is 0 Å². The standard InChI is InChI=1S/C11H7N3O2S/c12-7-8-2-1-3-9(6-8)14-4-5-17-10(14)13-11(15)16/h1-6H,(H,15,16)/b13-10+. The van der Waals surface area contributed by atoms with Gasteiger partial charge in [0.2, 0.25) is 4.80 Å². The van der Waals surface area contributed by atoms with Crippen LogP contribution < -0.4 is 4.80 Å². The highest BCUT2D eigenvalue weighted by Gasteiger charge is 2.01. The molecule has 84 valence electrons. The van der Waals surface area contributed by atoms with Crippen molar-refractivity contribution in [2.75, 3.05) is 0 Å². The lowest BCUT2D eigenvalue weighted by Crippen LogP contribution is -2.13. The van der Waals surface area contributed by atoms with E-state index in [0.717, 1.165) is 0 Å². The molecule has 1 aromatic carbocycles. The number of amides is 1. The zero-order valence-electron chi connectivity index (χ0n) is 8.57. The maximum absolute atomic E-state index is 10.5. The van der Waals surface area contributed by atoms with Crippen LogP contribution in [0.15, 0.2) is 40.8 Å². The molecule has 1 heterocycles. The summed E-state index contributed by atoms with van der Waals surface area (Å²) in [7, 11) is 0. The van der Waals surface area contributed by atoms with Gasteiger partial charge < -0.3 is 5.11 Å². The van der Waals surface area contributed by atoms with Gasteiger partial charge in [-0.25, -0.2) is 4.79 Å². The average Bonchev–Trinajstić information content (AvgIpc) is 2.76. The molecule has 5 nitrogen and oxygen atoms in total. The Kier molecular flexibility index (Phi) is 3.03. The zero-order valence-corrected chi connectivity index (χ0v) is 9.39. The van der Waals surface area contributed by atoms with E-state index in [1.165, 1.54) is 11.3 Å². The predicted octanol–water partition coefficient (Wildman–Crippen LogP) is 1.99. The van der Waals surface area contributed by atoms with Crippen LogP contribution in [0.3, 0.4) is 0 Å². The Morgan fingerprint density at radius 1 is 1.53 bits per heavy atom. The van der Waals surface area contributed by atoms with E-state index in [9.17, 15) is 4.79 Å². The minimum atomic E-state index is -1.24. The first kappa shape index (κ1) is 11.1. The minimum Gasteiger partial charge on any atom is -0.463 e. The molecule has 0 atom stereocenters. The fraction of sp³-hybridized carbons (Fsp3) is 0. The maximum Gasteiger partial charge on any atom is 0.433 e. The summed E-state index contributed by atoms with van der Waals surface area (Å²) in [4.78, 5) is 14.4. The number of thiazole rings is 1. The highest BCUT2D eigenvalue weighted by atomic mass is 32.1. The molecular formula is C11H7N3O2S. The van der Waals surface area contributed by atoms with Gasteiger partial charge in [0.1, 0.15) is 0 Å². The van der Waals surface area contributed by atoms with Gasteiger partial charge in [0.05, 0.1) is 11.6 Å². The summed E-state index contributed by atoms with van der Waals surface area (Å²) in [5, 5.41) is 19.2. The van der Waals surface area contributed by atoms with Crippen LogP contribution in [0.1, 0.15) is 5.56 Å². The molecule has 0 radical (unpaired) electrons. The van der Waals surface area contributed by atoms with Crippen LogP contribution in [0.25, 0.3) is 5.69 Å². The molecule has 0 fully saturated rings. The van der Waals surface area contributed by atoms with Crippen molar-refractivity contribution in [3.63, 3.8) is 0 Å². The van der Waals surface area contributed by atoms with E-state index in [1.807, 2.05) is 6.07 Å². The van der Waals surface area contributed by atoms with Crippen molar-refractivity contribution in [2.24, 2.45) is 4.99 Å². The first-order valence-corrected chi connectivity index (χ1v) is 5.53. The molecule has 0 aliphatic carbocycles. The Bertz CT molecular complexity index is 664. The summed E-state index contributed by atoms with van der Waals surface area (Å²) in [6.07, 6.45) is 0.473. The third-order valence-corrected chi connectivity index (χ3v) is 2.79. The van der Waals surface area contributed by atoms with Crippen LogP contribution in [-0.4, -0.2) is 15.8 Å². The number of benzene rings is 1. The minimum absolute atomic E-state index is 0.354. The number of hydrogen-bond acceptors (Lipinski definition) is 3. The van der Waals surface area contributed by atoms with E-state index in [-0.39, 0.29) is 0 Å². The van der Waals surface area contributed by atoms with Crippen molar-refractivity contribution in [1.29, 1.82) is 5.26 Å². The van der Waals surface area contributed by atoms with Crippen LogP contribution >= 0.6 is 11.3 Å². The van der Waals surface area contributed by atoms with Crippen molar-refractivity contribution < 1.29 is 9.90 Å². The van der Waals surface area contributed by atoms with E-state index in [0.29, 0.717) is 16.1 Å². The quantitative estimate of drug-likeness (QED) is 0.834. The molecule has 6 heteroatoms. The lowest BCUT2D eigenvalue weighted by molar-refractivity contribution is 0.204. The second-order valence-electron chi connectivity index (χ2n) is 3.11. The molecule has 0 aliphatic heterocycles. The van der Waals surface area contributed by atoms with Crippen molar-refractivity contribution >= 4 is 17.4 Å². The molecule has 1 N–H and O–H groups in total. The summed E-state index contributed by atoms with van der Waals surface area (Å²) in [5.74, 6) is 0. The highest BCUT2D eigenvalue weighted by Crippen LogP contribution is 2.09. The summed E-state index contributed by atoms with van der Waals surface area (Å²) in [6.45, 7) is 0. The lowest BCUT2D eigenvalue weighted by atomic mass is 10.2. The molecule has 0 spiro atoms. The number of rotatable bonds is 1. The fourth-order valence-corrected chi connectivity index (χ4v) is 2.07. The van der Waals surface area contributed by atoms with Gasteiger partial charge in [-0.3, -0.25) is 4.57 Å². The summed E-state index contributed by atoms with van der Waals surface area (Å²) in [6, 6.07) is 8.92. The van der Waals surface area contributed by atoms with E-state index in [4.69, 9.17) is 10.4 Å². The highest BCUT2D eigenvalue weighted by molar-refractivity contribution is 7.07. The normalized spacial score (nSPS) is 11.1. The van der Waals surface area contributed by atoms with Crippen molar-refractivity contribution in [3.8, 4) is 11.8 Å². The van der Waals surface area contributed by atoms with Gasteiger partial charge in [-0.1, -0.05) is 6.07 Å². The Labute approximate surface area is 101 Å². The summed E-state index contributed by atoms with van der Waals surface area (Å²) in [5.41, 5.74) is 1.23. The molecule has 0 aliphatic rings. The van der Waals surface area contributed by atoms with E-state index >= 15 is 0 Å². The van der Waals surface area contributed by atoms with Gasteiger partial charge in [0.25, 0.3) is 0 Å². The number of aromatic nitrogens is 1. The third-order valence-electron chi connectivity index (χ3n) is 2.03. The van der Waals surface area contributed by atoms with E-state index < -0.39 is 6.09 Å². The predicted molar refractivity (Wildman–Crippen MR) is 61.9 cm³/mol. The molecule has 0 unspecified atom stereocenters. The van der Waals surface area contributed by atoms with Gasteiger partial charge in [-0.15, -0.1) is 16.3 Å². The van der Waals surface area contributed by atoms with Gasteiger partial charge in [0.15, 0.2) is 0 Å². The van der Waals surface area contributed by atoms with Crippen molar-refractivity contribution in [2.45, 2.75) is 0 Å². The van der Waals surface area contributed by atoms with E-state index in [2.05, 4.69) is 4.99 Å². The topological polar surface area (TPSA) is 78.4 Å². The van der Waals surface area contributed by atoms with Gasteiger partial charge in [-0.05, 0) is 18.2 Å². The Morgan fingerprint density at radius 3 is 3.06 bits per heavy atom. The van der Waals surface area contributed by atoms with Crippen LogP contribution in [0.4, 0.5) is 4.79 Å². The summed E-state index contributed by atoms with van der Waals surface area (Å²) >= 11 is 1.22.